The van der Waals surface area contributed by atoms with Crippen molar-refractivity contribution in [3.05, 3.63) is 0 Å². The van der Waals surface area contributed by atoms with Gasteiger partial charge >= 0.3 is 6.09 Å². The minimum Gasteiger partial charge on any atom is -0.444 e. The minimum atomic E-state index is -0.362. The van der Waals surface area contributed by atoms with Crippen molar-refractivity contribution < 1.29 is 9.53 Å². The van der Waals surface area contributed by atoms with Crippen LogP contribution in [0.15, 0.2) is 0 Å². The summed E-state index contributed by atoms with van der Waals surface area (Å²) >= 11 is 0. The van der Waals surface area contributed by atoms with Crippen molar-refractivity contribution >= 4 is 6.09 Å². The lowest BCUT2D eigenvalue weighted by Gasteiger charge is -2.47. The highest BCUT2D eigenvalue weighted by molar-refractivity contribution is 5.68. The van der Waals surface area contributed by atoms with Crippen molar-refractivity contribution in [1.82, 2.24) is 4.90 Å². The van der Waals surface area contributed by atoms with Crippen LogP contribution in [0, 0.1) is 11.8 Å². The third-order valence-electron chi connectivity index (χ3n) is 2.94. The standard InChI is InChI=1S/C11H19NO2/c1-11(2,3)14-10(13)12-6-8-4-9(5-8)7-12/h8-9H,4-7H2,1-3H3/t8-,9+. The van der Waals surface area contributed by atoms with Crippen molar-refractivity contribution in [2.75, 3.05) is 13.1 Å². The normalized spacial score (nSPS) is 30.9. The molecule has 2 bridgehead atoms. The molecule has 3 heteroatoms. The third kappa shape index (κ3) is 2.02. The molecule has 3 rings (SSSR count). The van der Waals surface area contributed by atoms with Crippen LogP contribution in [0.5, 0.6) is 0 Å². The van der Waals surface area contributed by atoms with E-state index in [0.29, 0.717) is 0 Å². The Kier molecular flexibility index (Phi) is 2.20. The Labute approximate surface area is 85.4 Å². The molecule has 0 atom stereocenters. The molecule has 0 spiro atoms. The van der Waals surface area contributed by atoms with Gasteiger partial charge in [0.2, 0.25) is 0 Å². The van der Waals surface area contributed by atoms with Gasteiger partial charge in [0.1, 0.15) is 5.60 Å². The summed E-state index contributed by atoms with van der Waals surface area (Å²) in [6.45, 7) is 7.55. The van der Waals surface area contributed by atoms with Gasteiger partial charge < -0.3 is 9.64 Å². The zero-order chi connectivity index (χ0) is 10.3. The molecule has 0 aromatic rings. The fraction of sp³-hybridized carbons (Fsp3) is 0.909. The molecular formula is C11H19NO2. The maximum absolute atomic E-state index is 11.7. The van der Waals surface area contributed by atoms with Gasteiger partial charge in [-0.2, -0.15) is 0 Å². The number of piperidine rings is 2. The second-order valence-corrected chi connectivity index (χ2v) is 5.59. The Balaban J connectivity index is 1.86. The molecule has 3 nitrogen and oxygen atoms in total. The van der Waals surface area contributed by atoms with E-state index in [2.05, 4.69) is 0 Å². The molecule has 14 heavy (non-hydrogen) atoms. The predicted octanol–water partition coefficient (Wildman–Crippen LogP) is 2.26. The Hall–Kier alpha value is -0.730. The summed E-state index contributed by atoms with van der Waals surface area (Å²) in [4.78, 5) is 13.6. The monoisotopic (exact) mass is 197 g/mol. The average molecular weight is 197 g/mol. The van der Waals surface area contributed by atoms with Crippen LogP contribution in [-0.4, -0.2) is 29.7 Å². The Bertz CT molecular complexity index is 228. The molecule has 2 saturated heterocycles. The highest BCUT2D eigenvalue weighted by Crippen LogP contribution is 2.39. The van der Waals surface area contributed by atoms with Gasteiger partial charge in [-0.1, -0.05) is 0 Å². The van der Waals surface area contributed by atoms with Gasteiger partial charge in [0.05, 0.1) is 0 Å². The van der Waals surface area contributed by atoms with E-state index in [1.54, 1.807) is 0 Å². The second kappa shape index (κ2) is 3.14. The number of ether oxygens (including phenoxy) is 1. The number of nitrogens with zero attached hydrogens (tertiary/aromatic N) is 1. The lowest BCUT2D eigenvalue weighted by molar-refractivity contribution is -0.0159. The first-order chi connectivity index (χ1) is 6.44. The first kappa shape index (κ1) is 9.81. The van der Waals surface area contributed by atoms with Crippen LogP contribution < -0.4 is 0 Å². The summed E-state index contributed by atoms with van der Waals surface area (Å²) < 4.78 is 5.33. The van der Waals surface area contributed by atoms with Gasteiger partial charge in [-0.3, -0.25) is 0 Å². The summed E-state index contributed by atoms with van der Waals surface area (Å²) in [6, 6.07) is 0. The lowest BCUT2D eigenvalue weighted by Crippen LogP contribution is -2.52. The fourth-order valence-electron chi connectivity index (χ4n) is 2.35. The van der Waals surface area contributed by atoms with Gasteiger partial charge in [-0.15, -0.1) is 0 Å². The number of carbonyl (C=O) groups is 1. The van der Waals surface area contributed by atoms with Crippen LogP contribution in [0.3, 0.4) is 0 Å². The molecule has 0 aromatic carbocycles. The molecular weight excluding hydrogens is 178 g/mol. The van der Waals surface area contributed by atoms with Gasteiger partial charge in [0.25, 0.3) is 0 Å². The van der Waals surface area contributed by atoms with Gasteiger partial charge in [-0.05, 0) is 45.4 Å². The molecule has 1 amide bonds. The smallest absolute Gasteiger partial charge is 0.410 e. The van der Waals surface area contributed by atoms with Crippen LogP contribution >= 0.6 is 0 Å². The third-order valence-corrected chi connectivity index (χ3v) is 2.94. The number of carbonyl (C=O) groups excluding carboxylic acids is 1. The average Bonchev–Trinajstić information content (AvgIpc) is 2.00. The van der Waals surface area contributed by atoms with Crippen molar-refractivity contribution in [2.24, 2.45) is 11.8 Å². The maximum atomic E-state index is 11.7. The zero-order valence-electron chi connectivity index (χ0n) is 9.25. The van der Waals surface area contributed by atoms with Gasteiger partial charge in [-0.25, -0.2) is 4.79 Å². The molecule has 3 aliphatic rings. The van der Waals surface area contributed by atoms with Crippen molar-refractivity contribution in [1.29, 1.82) is 0 Å². The van der Waals surface area contributed by atoms with Crippen molar-refractivity contribution in [2.45, 2.75) is 39.2 Å². The highest BCUT2D eigenvalue weighted by atomic mass is 16.6. The molecule has 0 aromatic heterocycles. The van der Waals surface area contributed by atoms with E-state index in [-0.39, 0.29) is 11.7 Å². The predicted molar refractivity (Wildman–Crippen MR) is 54.0 cm³/mol. The quantitative estimate of drug-likeness (QED) is 0.596. The lowest BCUT2D eigenvalue weighted by atomic mass is 9.71. The molecule has 0 unspecified atom stereocenters. The number of fused-ring (bicyclic) bond motifs is 2. The summed E-state index contributed by atoms with van der Waals surface area (Å²) in [5, 5.41) is 0. The molecule has 3 fully saturated rings. The SMILES string of the molecule is CC(C)(C)OC(=O)N1C[C@H]2C[C@@H](C1)C2. The second-order valence-electron chi connectivity index (χ2n) is 5.59. The van der Waals surface area contributed by atoms with E-state index in [1.807, 2.05) is 25.7 Å². The van der Waals surface area contributed by atoms with Crippen LogP contribution in [0.25, 0.3) is 0 Å². The first-order valence-corrected chi connectivity index (χ1v) is 5.42. The Morgan fingerprint density at radius 2 is 1.71 bits per heavy atom. The maximum Gasteiger partial charge on any atom is 0.410 e. The van der Waals surface area contributed by atoms with Crippen molar-refractivity contribution in [3.8, 4) is 0 Å². The summed E-state index contributed by atoms with van der Waals surface area (Å²) in [5.41, 5.74) is -0.362. The largest absolute Gasteiger partial charge is 0.444 e. The molecule has 1 aliphatic carbocycles. The minimum absolute atomic E-state index is 0.132. The molecule has 2 heterocycles. The molecule has 2 aliphatic heterocycles. The Morgan fingerprint density at radius 3 is 2.14 bits per heavy atom. The van der Waals surface area contributed by atoms with Crippen LogP contribution in [0.1, 0.15) is 33.6 Å². The summed E-state index contributed by atoms with van der Waals surface area (Å²) in [6.07, 6.45) is 2.50. The van der Waals surface area contributed by atoms with Crippen LogP contribution in [0.4, 0.5) is 4.79 Å². The van der Waals surface area contributed by atoms with Crippen molar-refractivity contribution in [3.63, 3.8) is 0 Å². The number of hydrogen-bond acceptors (Lipinski definition) is 2. The number of hydrogen-bond donors (Lipinski definition) is 0. The molecule has 80 valence electrons. The van der Waals surface area contributed by atoms with E-state index in [0.717, 1.165) is 24.9 Å². The fourth-order valence-corrected chi connectivity index (χ4v) is 2.35. The molecule has 1 saturated carbocycles. The van der Waals surface area contributed by atoms with Crippen LogP contribution in [0.2, 0.25) is 0 Å². The summed E-state index contributed by atoms with van der Waals surface area (Å²) in [5.74, 6) is 1.50. The number of amides is 1. The first-order valence-electron chi connectivity index (χ1n) is 5.42. The van der Waals surface area contributed by atoms with E-state index in [9.17, 15) is 4.79 Å². The number of rotatable bonds is 0. The zero-order valence-corrected chi connectivity index (χ0v) is 9.25. The Morgan fingerprint density at radius 1 is 1.21 bits per heavy atom. The van der Waals surface area contributed by atoms with Gasteiger partial charge in [0, 0.05) is 13.1 Å². The molecule has 0 N–H and O–H groups in total. The summed E-state index contributed by atoms with van der Waals surface area (Å²) in [7, 11) is 0. The van der Waals surface area contributed by atoms with E-state index in [1.165, 1.54) is 12.8 Å². The van der Waals surface area contributed by atoms with E-state index in [4.69, 9.17) is 4.74 Å². The van der Waals surface area contributed by atoms with E-state index >= 15 is 0 Å². The topological polar surface area (TPSA) is 29.5 Å². The molecule has 0 radical (unpaired) electrons. The highest BCUT2D eigenvalue weighted by Gasteiger charge is 2.39. The van der Waals surface area contributed by atoms with E-state index < -0.39 is 0 Å². The van der Waals surface area contributed by atoms with Gasteiger partial charge in [0.15, 0.2) is 0 Å². The van der Waals surface area contributed by atoms with Crippen LogP contribution in [-0.2, 0) is 4.74 Å².